The Hall–Kier alpha value is -3.62. The molecule has 3 aromatic rings. The van der Waals surface area contributed by atoms with Crippen molar-refractivity contribution in [3.05, 3.63) is 63.0 Å². The van der Waals surface area contributed by atoms with Gasteiger partial charge in [0.25, 0.3) is 5.69 Å². The summed E-state index contributed by atoms with van der Waals surface area (Å²) in [5.41, 5.74) is 1.43. The lowest BCUT2D eigenvalue weighted by Crippen LogP contribution is -2.63. The van der Waals surface area contributed by atoms with E-state index in [1.165, 1.54) is 42.4 Å². The average Bonchev–Trinajstić information content (AvgIpc) is 3.48. The smallest absolute Gasteiger partial charge is 0.355 e. The molecule has 4 atom stereocenters. The molecule has 0 spiro atoms. The van der Waals surface area contributed by atoms with Gasteiger partial charge in [-0.2, -0.15) is 0 Å². The zero-order chi connectivity index (χ0) is 26.8. The molecule has 0 saturated carbocycles. The number of amides is 1. The normalized spacial score (nSPS) is 22.2. The number of β-lactam (4-membered cyclic amide) rings is 1. The van der Waals surface area contributed by atoms with Gasteiger partial charge in [-0.25, -0.2) is 18.2 Å². The number of esters is 1. The number of aliphatic hydroxyl groups is 1. The van der Waals surface area contributed by atoms with E-state index in [4.69, 9.17) is 4.74 Å². The number of aliphatic hydroxyl groups excluding tert-OH is 1. The molecule has 2 aromatic heterocycles. The first-order chi connectivity index (χ1) is 17.4. The zero-order valence-electron chi connectivity index (χ0n) is 19.9. The molecule has 2 aliphatic heterocycles. The minimum Gasteiger partial charge on any atom is -0.456 e. The van der Waals surface area contributed by atoms with Crippen molar-refractivity contribution < 1.29 is 32.8 Å². The maximum Gasteiger partial charge on any atom is 0.355 e. The predicted octanol–water partition coefficient (Wildman–Crippen LogP) is 2.02. The number of nitro benzene ring substituents is 1. The minimum atomic E-state index is -3.59. The van der Waals surface area contributed by atoms with E-state index >= 15 is 0 Å². The van der Waals surface area contributed by atoms with Crippen molar-refractivity contribution in [2.75, 3.05) is 6.26 Å². The SMILES string of the molecule is C[C@@H](O)[C@H]1C(=O)N2C(C(=O)OCc3ccc([N+](=O)[O-])cc3)=C(c3csc4c(S(C)(=O)=O)ncn34)[C@H](C)[C@H]12. The first-order valence-electron chi connectivity index (χ1n) is 11.2. The third-order valence-corrected chi connectivity index (χ3v) is 8.83. The lowest BCUT2D eigenvalue weighted by Gasteiger charge is -2.46. The van der Waals surface area contributed by atoms with Crippen LogP contribution in [0.1, 0.15) is 25.1 Å². The van der Waals surface area contributed by atoms with Gasteiger partial charge in [0.1, 0.15) is 23.5 Å². The van der Waals surface area contributed by atoms with Crippen molar-refractivity contribution in [1.82, 2.24) is 14.3 Å². The van der Waals surface area contributed by atoms with Crippen molar-refractivity contribution in [2.45, 2.75) is 37.6 Å². The molecule has 5 rings (SSSR count). The summed E-state index contributed by atoms with van der Waals surface area (Å²) in [6, 6.07) is 5.07. The highest BCUT2D eigenvalue weighted by atomic mass is 32.2. The number of fused-ring (bicyclic) bond motifs is 2. The number of benzene rings is 1. The molecule has 1 N–H and O–H groups in total. The van der Waals surface area contributed by atoms with Crippen LogP contribution in [0, 0.1) is 22.0 Å². The number of rotatable bonds is 7. The third-order valence-electron chi connectivity index (χ3n) is 6.74. The van der Waals surface area contributed by atoms with E-state index < -0.39 is 44.7 Å². The predicted molar refractivity (Wildman–Crippen MR) is 131 cm³/mol. The van der Waals surface area contributed by atoms with Crippen LogP contribution in [-0.4, -0.2) is 63.0 Å². The first-order valence-corrected chi connectivity index (χ1v) is 14.0. The zero-order valence-corrected chi connectivity index (χ0v) is 21.5. The topological polar surface area (TPSA) is 161 Å². The number of thiazole rings is 1. The van der Waals surface area contributed by atoms with E-state index in [1.54, 1.807) is 9.78 Å². The highest BCUT2D eigenvalue weighted by molar-refractivity contribution is 7.91. The molecule has 1 saturated heterocycles. The number of sulfone groups is 1. The fourth-order valence-corrected chi connectivity index (χ4v) is 7.17. The first kappa shape index (κ1) is 25.0. The number of imidazole rings is 1. The molecule has 14 heteroatoms. The van der Waals surface area contributed by atoms with Crippen LogP contribution in [0.15, 0.2) is 46.7 Å². The second-order valence-electron chi connectivity index (χ2n) is 9.13. The van der Waals surface area contributed by atoms with Crippen LogP contribution in [0.5, 0.6) is 0 Å². The summed E-state index contributed by atoms with van der Waals surface area (Å²) in [5, 5.41) is 22.7. The Kier molecular flexibility index (Phi) is 5.92. The number of carbonyl (C=O) groups excluding carboxylic acids is 2. The molecule has 0 bridgehead atoms. The molecule has 2 aliphatic rings. The number of nitrogens with zero attached hydrogens (tertiary/aromatic N) is 4. The molecular formula is C23H22N4O8S2. The number of nitro groups is 1. The molecule has 37 heavy (non-hydrogen) atoms. The number of hydrogen-bond donors (Lipinski definition) is 1. The largest absolute Gasteiger partial charge is 0.456 e. The number of ether oxygens (including phenoxy) is 1. The van der Waals surface area contributed by atoms with Crippen molar-refractivity contribution in [3.63, 3.8) is 0 Å². The summed E-state index contributed by atoms with van der Waals surface area (Å²) >= 11 is 1.15. The summed E-state index contributed by atoms with van der Waals surface area (Å²) in [5.74, 6) is -2.25. The quantitative estimate of drug-likeness (QED) is 0.202. The molecular weight excluding hydrogens is 524 g/mol. The number of aromatic nitrogens is 2. The Morgan fingerprint density at radius 1 is 1.32 bits per heavy atom. The molecule has 12 nitrogen and oxygen atoms in total. The van der Waals surface area contributed by atoms with E-state index in [-0.39, 0.29) is 28.9 Å². The van der Waals surface area contributed by atoms with E-state index in [0.29, 0.717) is 21.7 Å². The molecule has 0 radical (unpaired) electrons. The monoisotopic (exact) mass is 546 g/mol. The maximum atomic E-state index is 13.4. The van der Waals surface area contributed by atoms with E-state index in [0.717, 1.165) is 17.6 Å². The molecule has 0 unspecified atom stereocenters. The second kappa shape index (κ2) is 8.75. The molecule has 4 heterocycles. The summed E-state index contributed by atoms with van der Waals surface area (Å²) < 4.78 is 31.4. The lowest BCUT2D eigenvalue weighted by atomic mass is 9.77. The molecule has 1 aromatic carbocycles. The van der Waals surface area contributed by atoms with E-state index in [1.807, 2.05) is 6.92 Å². The van der Waals surface area contributed by atoms with Crippen LogP contribution in [0.25, 0.3) is 10.4 Å². The van der Waals surface area contributed by atoms with Gasteiger partial charge in [-0.1, -0.05) is 6.92 Å². The molecule has 194 valence electrons. The summed E-state index contributed by atoms with van der Waals surface area (Å²) in [6.45, 7) is 3.18. The van der Waals surface area contributed by atoms with Gasteiger partial charge in [0, 0.05) is 35.3 Å². The van der Waals surface area contributed by atoms with Crippen molar-refractivity contribution in [2.24, 2.45) is 11.8 Å². The van der Waals surface area contributed by atoms with Gasteiger partial charge in [-0.05, 0) is 24.6 Å². The van der Waals surface area contributed by atoms with Crippen LogP contribution in [0.2, 0.25) is 0 Å². The second-order valence-corrected chi connectivity index (χ2v) is 11.9. The highest BCUT2D eigenvalue weighted by Crippen LogP contribution is 2.51. The summed E-state index contributed by atoms with van der Waals surface area (Å²) in [7, 11) is -3.59. The van der Waals surface area contributed by atoms with Crippen LogP contribution >= 0.6 is 11.3 Å². The Morgan fingerprint density at radius 2 is 2.00 bits per heavy atom. The van der Waals surface area contributed by atoms with Crippen LogP contribution < -0.4 is 0 Å². The maximum absolute atomic E-state index is 13.4. The Morgan fingerprint density at radius 3 is 2.59 bits per heavy atom. The third kappa shape index (κ3) is 3.91. The Bertz CT molecular complexity index is 1590. The van der Waals surface area contributed by atoms with Crippen LogP contribution in [-0.2, 0) is 30.8 Å². The van der Waals surface area contributed by atoms with Gasteiger partial charge in [-0.15, -0.1) is 11.3 Å². The Balaban J connectivity index is 1.54. The van der Waals surface area contributed by atoms with Gasteiger partial charge in [0.15, 0.2) is 14.9 Å². The summed E-state index contributed by atoms with van der Waals surface area (Å²) in [4.78, 5) is 42.5. The van der Waals surface area contributed by atoms with E-state index in [9.17, 15) is 33.2 Å². The highest BCUT2D eigenvalue weighted by Gasteiger charge is 2.60. The number of carbonyl (C=O) groups is 2. The van der Waals surface area contributed by atoms with E-state index in [2.05, 4.69) is 4.98 Å². The Labute approximate surface area is 214 Å². The summed E-state index contributed by atoms with van der Waals surface area (Å²) in [6.07, 6.45) is 1.49. The van der Waals surface area contributed by atoms with Gasteiger partial charge in [0.05, 0.1) is 28.7 Å². The van der Waals surface area contributed by atoms with Crippen LogP contribution in [0.4, 0.5) is 5.69 Å². The number of hydrogen-bond acceptors (Lipinski definition) is 10. The number of non-ortho nitro benzene ring substituents is 1. The van der Waals surface area contributed by atoms with Gasteiger partial charge in [0.2, 0.25) is 5.91 Å². The average molecular weight is 547 g/mol. The van der Waals surface area contributed by atoms with Crippen LogP contribution in [0.3, 0.4) is 0 Å². The minimum absolute atomic E-state index is 0.0237. The van der Waals surface area contributed by atoms with Gasteiger partial charge < -0.3 is 14.7 Å². The van der Waals surface area contributed by atoms with Gasteiger partial charge >= 0.3 is 5.97 Å². The standard InChI is InChI=1S/C23H22N4O8S2/c1-11-16(15-9-36-22-20(37(3,33)34)24-10-25(15)22)19(26-18(11)17(12(2)28)21(26)29)23(30)35-8-13-4-6-14(7-5-13)27(31)32/h4-7,9-12,17-18,28H,8H2,1-3H3/t11-,12+,17+,18+/m0/s1. The van der Waals surface area contributed by atoms with Gasteiger partial charge in [-0.3, -0.25) is 19.3 Å². The molecule has 1 fully saturated rings. The van der Waals surface area contributed by atoms with Crippen molar-refractivity contribution >= 4 is 49.1 Å². The molecule has 0 aliphatic carbocycles. The fraction of sp³-hybridized carbons (Fsp3) is 0.348. The lowest BCUT2D eigenvalue weighted by molar-refractivity contribution is -0.384. The fourth-order valence-electron chi connectivity index (χ4n) is 5.04. The van der Waals surface area contributed by atoms with Crippen molar-refractivity contribution in [1.29, 1.82) is 0 Å². The molecule has 1 amide bonds. The van der Waals surface area contributed by atoms with Crippen molar-refractivity contribution in [3.8, 4) is 0 Å².